The minimum atomic E-state index is 0.104. The highest BCUT2D eigenvalue weighted by atomic mass is 79.9. The van der Waals surface area contributed by atoms with Crippen LogP contribution < -0.4 is 5.32 Å². The molecule has 102 valence electrons. The van der Waals surface area contributed by atoms with E-state index in [-0.39, 0.29) is 6.04 Å². The van der Waals surface area contributed by atoms with Crippen molar-refractivity contribution < 1.29 is 0 Å². The van der Waals surface area contributed by atoms with Gasteiger partial charge in [0.05, 0.1) is 9.83 Å². The van der Waals surface area contributed by atoms with Gasteiger partial charge in [0, 0.05) is 10.0 Å². The number of benzene rings is 1. The number of thiophene rings is 1. The Morgan fingerprint density at radius 2 is 2.11 bits per heavy atom. The molecule has 2 aromatic rings. The fourth-order valence-electron chi connectivity index (χ4n) is 1.91. The highest BCUT2D eigenvalue weighted by molar-refractivity contribution is 9.11. The zero-order chi connectivity index (χ0) is 13.8. The van der Waals surface area contributed by atoms with Crippen LogP contribution >= 0.6 is 50.5 Å². The maximum atomic E-state index is 6.33. The Hall–Kier alpha value is -0.0600. The molecule has 0 amide bonds. The first-order chi connectivity index (χ1) is 9.11. The first-order valence-corrected chi connectivity index (χ1v) is 8.47. The predicted octanol–water partition coefficient (Wildman–Crippen LogP) is 5.91. The van der Waals surface area contributed by atoms with Crippen molar-refractivity contribution in [3.63, 3.8) is 0 Å². The molecule has 5 heteroatoms. The van der Waals surface area contributed by atoms with Gasteiger partial charge < -0.3 is 5.32 Å². The molecular weight excluding hydrogens is 365 g/mol. The summed E-state index contributed by atoms with van der Waals surface area (Å²) < 4.78 is 1.12. The first-order valence-electron chi connectivity index (χ1n) is 6.04. The Morgan fingerprint density at radius 3 is 2.68 bits per heavy atom. The summed E-state index contributed by atoms with van der Waals surface area (Å²) >= 11 is 17.5. The number of nitrogens with one attached hydrogen (secondary N) is 1. The lowest BCUT2D eigenvalue weighted by Gasteiger charge is -2.19. The largest absolute Gasteiger partial charge is 0.306 e. The third-order valence-electron chi connectivity index (χ3n) is 2.79. The van der Waals surface area contributed by atoms with Crippen LogP contribution in [0.3, 0.4) is 0 Å². The number of hydrogen-bond donors (Lipinski definition) is 1. The van der Waals surface area contributed by atoms with E-state index in [1.54, 1.807) is 17.4 Å². The molecule has 0 spiro atoms. The molecule has 1 nitrogen and oxygen atoms in total. The second-order valence-corrected chi connectivity index (χ2v) is 7.37. The molecule has 0 aliphatic heterocycles. The Balaban J connectivity index is 2.36. The summed E-state index contributed by atoms with van der Waals surface area (Å²) in [4.78, 5) is 0. The number of hydrogen-bond acceptors (Lipinski definition) is 2. The van der Waals surface area contributed by atoms with Gasteiger partial charge in [0.1, 0.15) is 0 Å². The molecular formula is C14H14BrCl2NS. The van der Waals surface area contributed by atoms with E-state index in [0.717, 1.165) is 22.3 Å². The van der Waals surface area contributed by atoms with Crippen molar-refractivity contribution in [2.45, 2.75) is 19.4 Å². The van der Waals surface area contributed by atoms with Gasteiger partial charge in [0.25, 0.3) is 0 Å². The quantitative estimate of drug-likeness (QED) is 0.682. The third kappa shape index (κ3) is 3.96. The molecule has 1 aromatic carbocycles. The van der Waals surface area contributed by atoms with Crippen molar-refractivity contribution in [2.75, 3.05) is 6.54 Å². The summed E-state index contributed by atoms with van der Waals surface area (Å²) in [5, 5.41) is 7.03. The van der Waals surface area contributed by atoms with Crippen LogP contribution in [0, 0.1) is 0 Å². The molecule has 0 bridgehead atoms. The van der Waals surface area contributed by atoms with Gasteiger partial charge >= 0.3 is 0 Å². The zero-order valence-corrected chi connectivity index (χ0v) is 14.3. The van der Waals surface area contributed by atoms with Crippen molar-refractivity contribution in [1.29, 1.82) is 0 Å². The molecule has 0 saturated heterocycles. The summed E-state index contributed by atoms with van der Waals surface area (Å²) in [5.74, 6) is 0. The van der Waals surface area contributed by atoms with E-state index in [1.807, 2.05) is 12.1 Å². The van der Waals surface area contributed by atoms with Gasteiger partial charge in [-0.1, -0.05) is 36.2 Å². The predicted molar refractivity (Wildman–Crippen MR) is 88.6 cm³/mol. The van der Waals surface area contributed by atoms with Crippen LogP contribution in [0.1, 0.15) is 30.5 Å². The summed E-state index contributed by atoms with van der Waals surface area (Å²) in [6, 6.07) is 7.89. The van der Waals surface area contributed by atoms with Crippen molar-refractivity contribution in [2.24, 2.45) is 0 Å². The van der Waals surface area contributed by atoms with Crippen LogP contribution in [-0.2, 0) is 0 Å². The topological polar surface area (TPSA) is 12.0 Å². The number of rotatable bonds is 5. The lowest BCUT2D eigenvalue weighted by molar-refractivity contribution is 0.600. The van der Waals surface area contributed by atoms with Crippen molar-refractivity contribution in [1.82, 2.24) is 5.32 Å². The smallest absolute Gasteiger partial charge is 0.0701 e. The van der Waals surface area contributed by atoms with E-state index in [1.165, 1.54) is 5.56 Å². The van der Waals surface area contributed by atoms with Gasteiger partial charge in [-0.2, -0.15) is 0 Å². The molecule has 0 aliphatic carbocycles. The average Bonchev–Trinajstić information content (AvgIpc) is 2.78. The minimum Gasteiger partial charge on any atom is -0.306 e. The van der Waals surface area contributed by atoms with Gasteiger partial charge in [-0.25, -0.2) is 0 Å². The Kier molecular flexibility index (Phi) is 5.72. The van der Waals surface area contributed by atoms with Gasteiger partial charge in [0.15, 0.2) is 0 Å². The molecule has 1 aromatic heterocycles. The van der Waals surface area contributed by atoms with Gasteiger partial charge in [-0.05, 0) is 63.6 Å². The van der Waals surface area contributed by atoms with E-state index in [9.17, 15) is 0 Å². The molecule has 0 aliphatic rings. The third-order valence-corrected chi connectivity index (χ3v) is 4.88. The molecule has 1 atom stereocenters. The van der Waals surface area contributed by atoms with E-state index in [2.05, 4.69) is 39.6 Å². The lowest BCUT2D eigenvalue weighted by Crippen LogP contribution is -2.23. The van der Waals surface area contributed by atoms with Gasteiger partial charge in [-0.15, -0.1) is 11.3 Å². The van der Waals surface area contributed by atoms with E-state index < -0.39 is 0 Å². The fourth-order valence-corrected chi connectivity index (χ4v) is 3.63. The monoisotopic (exact) mass is 377 g/mol. The van der Waals surface area contributed by atoms with Crippen LogP contribution in [0.25, 0.3) is 0 Å². The van der Waals surface area contributed by atoms with Gasteiger partial charge in [0.2, 0.25) is 0 Å². The molecule has 1 N–H and O–H groups in total. The highest BCUT2D eigenvalue weighted by Crippen LogP contribution is 2.33. The molecule has 1 heterocycles. The Bertz CT molecular complexity index is 556. The van der Waals surface area contributed by atoms with Crippen molar-refractivity contribution >= 4 is 50.5 Å². The Morgan fingerprint density at radius 1 is 1.32 bits per heavy atom. The van der Waals surface area contributed by atoms with Crippen molar-refractivity contribution in [3.05, 3.63) is 54.6 Å². The van der Waals surface area contributed by atoms with Gasteiger partial charge in [-0.3, -0.25) is 0 Å². The fraction of sp³-hybridized carbons (Fsp3) is 0.286. The van der Waals surface area contributed by atoms with E-state index in [4.69, 9.17) is 23.2 Å². The molecule has 0 fully saturated rings. The summed E-state index contributed by atoms with van der Waals surface area (Å²) in [7, 11) is 0. The van der Waals surface area contributed by atoms with Crippen LogP contribution in [-0.4, -0.2) is 6.54 Å². The molecule has 0 saturated carbocycles. The molecule has 0 radical (unpaired) electrons. The second-order valence-electron chi connectivity index (χ2n) is 4.24. The maximum absolute atomic E-state index is 6.33. The summed E-state index contributed by atoms with van der Waals surface area (Å²) in [6.07, 6.45) is 1.08. The van der Waals surface area contributed by atoms with Crippen molar-refractivity contribution in [3.8, 4) is 0 Å². The van der Waals surface area contributed by atoms with E-state index in [0.29, 0.717) is 10.0 Å². The maximum Gasteiger partial charge on any atom is 0.0701 e. The normalized spacial score (nSPS) is 12.6. The standard InChI is InChI=1S/C14H14BrCl2NS/c1-2-5-18-14(9-6-13(15)19-8-9)11-4-3-10(16)7-12(11)17/h3-4,6-8,14,18H,2,5H2,1H3. The second kappa shape index (κ2) is 7.09. The SMILES string of the molecule is CCCNC(c1csc(Br)c1)c1ccc(Cl)cc1Cl. The highest BCUT2D eigenvalue weighted by Gasteiger charge is 2.17. The summed E-state index contributed by atoms with van der Waals surface area (Å²) in [5.41, 5.74) is 2.28. The van der Waals surface area contributed by atoms with E-state index >= 15 is 0 Å². The van der Waals surface area contributed by atoms with Crippen LogP contribution in [0.15, 0.2) is 33.4 Å². The molecule has 19 heavy (non-hydrogen) atoms. The lowest BCUT2D eigenvalue weighted by atomic mass is 10.0. The van der Waals surface area contributed by atoms with Crippen LogP contribution in [0.5, 0.6) is 0 Å². The zero-order valence-electron chi connectivity index (χ0n) is 10.4. The molecule has 1 unspecified atom stereocenters. The summed E-state index contributed by atoms with van der Waals surface area (Å²) in [6.45, 7) is 3.09. The Labute approximate surface area is 136 Å². The molecule has 2 rings (SSSR count). The van der Waals surface area contributed by atoms with Crippen LogP contribution in [0.2, 0.25) is 10.0 Å². The average molecular weight is 379 g/mol. The minimum absolute atomic E-state index is 0.104. The number of halogens is 3. The first kappa shape index (κ1) is 15.3. The van der Waals surface area contributed by atoms with Crippen LogP contribution in [0.4, 0.5) is 0 Å².